The first kappa shape index (κ1) is 18.3. The number of ether oxygens (including phenoxy) is 1. The summed E-state index contributed by atoms with van der Waals surface area (Å²) in [6.45, 7) is 6.34. The van der Waals surface area contributed by atoms with Gasteiger partial charge in [-0.1, -0.05) is 13.8 Å². The van der Waals surface area contributed by atoms with Crippen molar-refractivity contribution in [2.45, 2.75) is 33.6 Å². The highest BCUT2D eigenvalue weighted by atomic mass is 32.2. The molecule has 1 fully saturated rings. The molecule has 0 aliphatic carbocycles. The number of piperidine rings is 1. The Morgan fingerprint density at radius 1 is 1.38 bits per heavy atom. The molecule has 0 aromatic carbocycles. The van der Waals surface area contributed by atoms with Crippen LogP contribution in [0.25, 0.3) is 0 Å². The largest absolute Gasteiger partial charge is 0.466 e. The van der Waals surface area contributed by atoms with Crippen LogP contribution in [-0.4, -0.2) is 56.6 Å². The zero-order valence-corrected chi connectivity index (χ0v) is 13.8. The highest BCUT2D eigenvalue weighted by Crippen LogP contribution is 2.21. The molecule has 0 spiro atoms. The lowest BCUT2D eigenvalue weighted by molar-refractivity contribution is -0.149. The van der Waals surface area contributed by atoms with Crippen LogP contribution in [0.5, 0.6) is 0 Å². The van der Waals surface area contributed by atoms with Crippen molar-refractivity contribution in [3.8, 4) is 0 Å². The standard InChI is InChI=1S/C13H26N2O5S/c1-4-20-12(17)11-5-7-15(8-6-11)21(18,19)14-9-13(2,3)10-16/h11,14,16H,4-10H2,1-3H3. The summed E-state index contributed by atoms with van der Waals surface area (Å²) in [5, 5.41) is 9.15. The first-order valence-corrected chi connectivity index (χ1v) is 8.68. The van der Waals surface area contributed by atoms with Gasteiger partial charge in [-0.05, 0) is 19.8 Å². The lowest BCUT2D eigenvalue weighted by Gasteiger charge is -2.31. The number of carbonyl (C=O) groups is 1. The Bertz CT molecular complexity index is 441. The average molecular weight is 322 g/mol. The quantitative estimate of drug-likeness (QED) is 0.649. The van der Waals surface area contributed by atoms with Gasteiger partial charge in [0.1, 0.15) is 0 Å². The van der Waals surface area contributed by atoms with Gasteiger partial charge in [-0.2, -0.15) is 12.7 Å². The molecule has 7 nitrogen and oxygen atoms in total. The SMILES string of the molecule is CCOC(=O)C1CCN(S(=O)(=O)NCC(C)(C)CO)CC1. The van der Waals surface area contributed by atoms with Gasteiger partial charge in [-0.25, -0.2) is 4.72 Å². The Kier molecular flexibility index (Phi) is 6.58. The number of nitrogens with zero attached hydrogens (tertiary/aromatic N) is 1. The number of aliphatic hydroxyl groups is 1. The van der Waals surface area contributed by atoms with Crippen LogP contribution in [0.2, 0.25) is 0 Å². The summed E-state index contributed by atoms with van der Waals surface area (Å²) in [6.07, 6.45) is 0.951. The van der Waals surface area contributed by atoms with Crippen molar-refractivity contribution in [3.05, 3.63) is 0 Å². The van der Waals surface area contributed by atoms with Gasteiger partial charge >= 0.3 is 5.97 Å². The van der Waals surface area contributed by atoms with E-state index in [1.54, 1.807) is 20.8 Å². The molecule has 124 valence electrons. The van der Waals surface area contributed by atoms with Crippen LogP contribution in [0.4, 0.5) is 0 Å². The van der Waals surface area contributed by atoms with E-state index in [0.717, 1.165) is 0 Å². The maximum absolute atomic E-state index is 12.2. The number of rotatable bonds is 7. The lowest BCUT2D eigenvalue weighted by atomic mass is 9.96. The molecular weight excluding hydrogens is 296 g/mol. The van der Waals surface area contributed by atoms with Crippen LogP contribution in [0.15, 0.2) is 0 Å². The van der Waals surface area contributed by atoms with Gasteiger partial charge in [0, 0.05) is 31.7 Å². The van der Waals surface area contributed by atoms with Crippen molar-refractivity contribution in [1.29, 1.82) is 0 Å². The number of aliphatic hydroxyl groups excluding tert-OH is 1. The Balaban J connectivity index is 2.51. The van der Waals surface area contributed by atoms with Crippen LogP contribution in [-0.2, 0) is 19.7 Å². The van der Waals surface area contributed by atoms with E-state index in [-0.39, 0.29) is 25.0 Å². The molecule has 0 atom stereocenters. The molecule has 0 unspecified atom stereocenters. The normalized spacial score (nSPS) is 18.7. The van der Waals surface area contributed by atoms with Crippen LogP contribution in [0.3, 0.4) is 0 Å². The third-order valence-electron chi connectivity index (χ3n) is 3.57. The van der Waals surface area contributed by atoms with Crippen molar-refractivity contribution >= 4 is 16.2 Å². The number of hydrogen-bond acceptors (Lipinski definition) is 5. The first-order chi connectivity index (χ1) is 9.72. The second-order valence-electron chi connectivity index (χ2n) is 6.07. The fourth-order valence-electron chi connectivity index (χ4n) is 2.03. The van der Waals surface area contributed by atoms with Crippen molar-refractivity contribution in [3.63, 3.8) is 0 Å². The minimum atomic E-state index is -3.57. The molecule has 1 rings (SSSR count). The topological polar surface area (TPSA) is 95.9 Å². The Hall–Kier alpha value is -0.700. The van der Waals surface area contributed by atoms with E-state index in [9.17, 15) is 13.2 Å². The van der Waals surface area contributed by atoms with Gasteiger partial charge < -0.3 is 9.84 Å². The molecule has 0 amide bonds. The molecular formula is C13H26N2O5S. The van der Waals surface area contributed by atoms with E-state index in [0.29, 0.717) is 32.5 Å². The zero-order valence-electron chi connectivity index (χ0n) is 13.0. The van der Waals surface area contributed by atoms with Gasteiger partial charge in [0.15, 0.2) is 0 Å². The summed E-state index contributed by atoms with van der Waals surface area (Å²) in [4.78, 5) is 11.6. The fraction of sp³-hybridized carbons (Fsp3) is 0.923. The maximum atomic E-state index is 12.2. The molecule has 2 N–H and O–H groups in total. The Labute approximate surface area is 126 Å². The van der Waals surface area contributed by atoms with Crippen molar-refractivity contribution in [2.24, 2.45) is 11.3 Å². The van der Waals surface area contributed by atoms with Gasteiger partial charge in [-0.15, -0.1) is 0 Å². The molecule has 0 aromatic heterocycles. The fourth-order valence-corrected chi connectivity index (χ4v) is 3.47. The van der Waals surface area contributed by atoms with Crippen LogP contribution < -0.4 is 4.72 Å². The Morgan fingerprint density at radius 3 is 2.43 bits per heavy atom. The molecule has 0 radical (unpaired) electrons. The highest BCUT2D eigenvalue weighted by molar-refractivity contribution is 7.87. The minimum Gasteiger partial charge on any atom is -0.466 e. The van der Waals surface area contributed by atoms with E-state index in [2.05, 4.69) is 4.72 Å². The third-order valence-corrected chi connectivity index (χ3v) is 5.13. The molecule has 1 aliphatic heterocycles. The predicted octanol–water partition coefficient (Wildman–Crippen LogP) is 0.114. The first-order valence-electron chi connectivity index (χ1n) is 7.24. The van der Waals surface area contributed by atoms with Gasteiger partial charge in [0.05, 0.1) is 12.5 Å². The third kappa shape index (κ3) is 5.54. The lowest BCUT2D eigenvalue weighted by Crippen LogP contribution is -2.48. The van der Waals surface area contributed by atoms with E-state index in [1.807, 2.05) is 0 Å². The minimum absolute atomic E-state index is 0.0968. The number of esters is 1. The summed E-state index contributed by atoms with van der Waals surface area (Å²) in [5.74, 6) is -0.464. The van der Waals surface area contributed by atoms with Gasteiger partial charge in [0.2, 0.25) is 0 Å². The number of hydrogen-bond donors (Lipinski definition) is 2. The Morgan fingerprint density at radius 2 is 1.95 bits per heavy atom. The molecule has 1 saturated heterocycles. The van der Waals surface area contributed by atoms with E-state index in [1.165, 1.54) is 4.31 Å². The maximum Gasteiger partial charge on any atom is 0.309 e. The predicted molar refractivity (Wildman–Crippen MR) is 78.7 cm³/mol. The molecule has 1 heterocycles. The van der Waals surface area contributed by atoms with Crippen molar-refractivity contribution in [1.82, 2.24) is 9.03 Å². The summed E-state index contributed by atoms with van der Waals surface area (Å²) >= 11 is 0. The van der Waals surface area contributed by atoms with Crippen molar-refractivity contribution < 1.29 is 23.1 Å². The molecule has 0 aromatic rings. The van der Waals surface area contributed by atoms with Gasteiger partial charge in [-0.3, -0.25) is 4.79 Å². The molecule has 8 heteroatoms. The number of nitrogens with one attached hydrogen (secondary N) is 1. The smallest absolute Gasteiger partial charge is 0.309 e. The summed E-state index contributed by atoms with van der Waals surface area (Å²) < 4.78 is 33.1. The van der Waals surface area contributed by atoms with Gasteiger partial charge in [0.25, 0.3) is 10.2 Å². The summed E-state index contributed by atoms with van der Waals surface area (Å²) in [6, 6.07) is 0. The second kappa shape index (κ2) is 7.53. The van der Waals surface area contributed by atoms with Crippen LogP contribution >= 0.6 is 0 Å². The zero-order chi connectivity index (χ0) is 16.1. The number of carbonyl (C=O) groups excluding carboxylic acids is 1. The average Bonchev–Trinajstić information content (AvgIpc) is 2.46. The monoisotopic (exact) mass is 322 g/mol. The summed E-state index contributed by atoms with van der Waals surface area (Å²) in [5.41, 5.74) is -0.504. The summed E-state index contributed by atoms with van der Waals surface area (Å²) in [7, 11) is -3.57. The molecule has 0 bridgehead atoms. The van der Waals surface area contributed by atoms with Crippen molar-refractivity contribution in [2.75, 3.05) is 32.8 Å². The molecule has 21 heavy (non-hydrogen) atoms. The highest BCUT2D eigenvalue weighted by Gasteiger charge is 2.32. The second-order valence-corrected chi connectivity index (χ2v) is 7.83. The van der Waals surface area contributed by atoms with Crippen LogP contribution in [0, 0.1) is 11.3 Å². The van der Waals surface area contributed by atoms with E-state index >= 15 is 0 Å². The van der Waals surface area contributed by atoms with Crippen LogP contribution in [0.1, 0.15) is 33.6 Å². The molecule has 0 saturated carbocycles. The van der Waals surface area contributed by atoms with E-state index < -0.39 is 15.6 Å². The molecule has 1 aliphatic rings. The van der Waals surface area contributed by atoms with E-state index in [4.69, 9.17) is 9.84 Å².